The van der Waals surface area contributed by atoms with Crippen LogP contribution in [0, 0.1) is 0 Å². The summed E-state index contributed by atoms with van der Waals surface area (Å²) in [5.41, 5.74) is 0. The van der Waals surface area contributed by atoms with Gasteiger partial charge in [-0.2, -0.15) is 8.42 Å². The van der Waals surface area contributed by atoms with Gasteiger partial charge >= 0.3 is 0 Å². The molecule has 14 heavy (non-hydrogen) atoms. The fraction of sp³-hybridized carbons (Fsp3) is 1.00. The topological polar surface area (TPSA) is 43.4 Å². The van der Waals surface area contributed by atoms with Crippen LogP contribution in [0.15, 0.2) is 0 Å². The molecule has 0 aromatic rings. The zero-order chi connectivity index (χ0) is 11.6. The predicted molar refractivity (Wildman–Crippen MR) is 62.8 cm³/mol. The van der Waals surface area contributed by atoms with Gasteiger partial charge in [-0.1, -0.05) is 33.9 Å². The van der Waals surface area contributed by atoms with Crippen LogP contribution >= 0.6 is 0 Å². The van der Waals surface area contributed by atoms with Gasteiger partial charge in [-0.05, 0) is 11.1 Å². The van der Waals surface area contributed by atoms with E-state index in [-0.39, 0.29) is 5.04 Å². The first-order chi connectivity index (χ1) is 5.96. The molecule has 0 aromatic carbocycles. The molecule has 86 valence electrons. The van der Waals surface area contributed by atoms with E-state index in [0.717, 1.165) is 12.3 Å². The molecule has 0 unspecified atom stereocenters. The van der Waals surface area contributed by atoms with E-state index >= 15 is 0 Å². The molecule has 0 rings (SSSR count). The van der Waals surface area contributed by atoms with Crippen LogP contribution in [0.5, 0.6) is 0 Å². The Morgan fingerprint density at radius 1 is 1.21 bits per heavy atom. The minimum absolute atomic E-state index is 0.286. The van der Waals surface area contributed by atoms with Crippen LogP contribution in [0.2, 0.25) is 24.2 Å². The molecule has 0 aliphatic rings. The maximum Gasteiger partial charge on any atom is 0.264 e. The van der Waals surface area contributed by atoms with Gasteiger partial charge in [-0.15, -0.1) is 0 Å². The van der Waals surface area contributed by atoms with E-state index < -0.39 is 18.2 Å². The van der Waals surface area contributed by atoms with E-state index in [1.165, 1.54) is 0 Å². The normalized spacial score (nSPS) is 14.4. The van der Waals surface area contributed by atoms with Crippen LogP contribution in [0.4, 0.5) is 0 Å². The summed E-state index contributed by atoms with van der Waals surface area (Å²) in [6.07, 6.45) is 1.10. The Balaban J connectivity index is 4.15. The Morgan fingerprint density at radius 2 is 1.64 bits per heavy atom. The lowest BCUT2D eigenvalue weighted by molar-refractivity contribution is 0.339. The SMILES string of the molecule is CC(C)(C)[Si](C)(C)CCOS(C)(=O)=O. The lowest BCUT2D eigenvalue weighted by Gasteiger charge is -2.36. The summed E-state index contributed by atoms with van der Waals surface area (Å²) in [7, 11) is -4.66. The molecule has 0 saturated heterocycles. The number of hydrogen-bond donors (Lipinski definition) is 0. The third-order valence-electron chi connectivity index (χ3n) is 3.05. The van der Waals surface area contributed by atoms with Crippen LogP contribution in [-0.2, 0) is 14.3 Å². The van der Waals surface area contributed by atoms with Gasteiger partial charge in [0.15, 0.2) is 0 Å². The van der Waals surface area contributed by atoms with Gasteiger partial charge in [0.1, 0.15) is 0 Å². The van der Waals surface area contributed by atoms with E-state index in [1.807, 2.05) is 0 Å². The highest BCUT2D eigenvalue weighted by atomic mass is 32.2. The van der Waals surface area contributed by atoms with Crippen LogP contribution in [0.25, 0.3) is 0 Å². The maximum absolute atomic E-state index is 10.8. The molecule has 5 heteroatoms. The maximum atomic E-state index is 10.8. The zero-order valence-corrected chi connectivity index (χ0v) is 11.9. The Kier molecular flexibility index (Phi) is 4.36. The first-order valence-corrected chi connectivity index (χ1v) is 9.82. The smallest absolute Gasteiger partial charge is 0.264 e. The summed E-state index contributed by atoms with van der Waals surface area (Å²) in [6, 6.07) is 0.879. The van der Waals surface area contributed by atoms with Crippen molar-refractivity contribution in [2.24, 2.45) is 0 Å². The first-order valence-electron chi connectivity index (χ1n) is 4.80. The molecule has 0 aliphatic carbocycles. The fourth-order valence-corrected chi connectivity index (χ4v) is 2.72. The number of rotatable bonds is 4. The molecule has 0 amide bonds. The molecule has 0 atom stereocenters. The highest BCUT2D eigenvalue weighted by Crippen LogP contribution is 2.38. The van der Waals surface area contributed by atoms with Crippen molar-refractivity contribution in [3.63, 3.8) is 0 Å². The van der Waals surface area contributed by atoms with Crippen molar-refractivity contribution < 1.29 is 12.6 Å². The van der Waals surface area contributed by atoms with Gasteiger partial charge in [-0.25, -0.2) is 0 Å². The molecule has 3 nitrogen and oxygen atoms in total. The van der Waals surface area contributed by atoms with Crippen molar-refractivity contribution in [2.75, 3.05) is 12.9 Å². The van der Waals surface area contributed by atoms with Gasteiger partial charge in [0.25, 0.3) is 10.1 Å². The molecule has 0 spiro atoms. The third kappa shape index (κ3) is 5.12. The van der Waals surface area contributed by atoms with Gasteiger partial charge < -0.3 is 0 Å². The second kappa shape index (κ2) is 4.33. The average Bonchev–Trinajstić information content (AvgIpc) is 1.80. The summed E-state index contributed by atoms with van der Waals surface area (Å²) >= 11 is 0. The summed E-state index contributed by atoms with van der Waals surface area (Å²) in [4.78, 5) is 0. The predicted octanol–water partition coefficient (Wildman–Crippen LogP) is 2.47. The van der Waals surface area contributed by atoms with E-state index in [4.69, 9.17) is 4.18 Å². The first kappa shape index (κ1) is 14.1. The van der Waals surface area contributed by atoms with E-state index in [2.05, 4.69) is 33.9 Å². The molecular weight excluding hydrogens is 216 g/mol. The largest absolute Gasteiger partial charge is 0.271 e. The molecule has 0 fully saturated rings. The van der Waals surface area contributed by atoms with Crippen molar-refractivity contribution >= 4 is 18.2 Å². The second-order valence-corrected chi connectivity index (χ2v) is 12.8. The molecular formula is C9H22O3SSi. The molecule has 0 saturated carbocycles. The quantitative estimate of drug-likeness (QED) is 0.558. The standard InChI is InChI=1S/C9H22O3SSi/c1-9(2,3)14(5,6)8-7-12-13(4,10)11/h7-8H2,1-6H3. The summed E-state index contributed by atoms with van der Waals surface area (Å²) in [5.74, 6) is 0. The summed E-state index contributed by atoms with van der Waals surface area (Å²) < 4.78 is 26.3. The second-order valence-electron chi connectivity index (χ2n) is 5.41. The lowest BCUT2D eigenvalue weighted by Crippen LogP contribution is -2.38. The Labute approximate surface area is 89.0 Å². The minimum atomic E-state index is -3.27. The third-order valence-corrected chi connectivity index (χ3v) is 9.16. The van der Waals surface area contributed by atoms with Gasteiger partial charge in [-0.3, -0.25) is 4.18 Å². The molecule has 0 aliphatic heterocycles. The minimum Gasteiger partial charge on any atom is -0.271 e. The molecule has 0 N–H and O–H groups in total. The monoisotopic (exact) mass is 238 g/mol. The Morgan fingerprint density at radius 3 is 1.93 bits per heavy atom. The Bertz CT molecular complexity index is 275. The van der Waals surface area contributed by atoms with Crippen LogP contribution < -0.4 is 0 Å². The summed E-state index contributed by atoms with van der Waals surface area (Å²) in [5, 5.41) is 0.286. The lowest BCUT2D eigenvalue weighted by atomic mass is 10.2. The van der Waals surface area contributed by atoms with Gasteiger partial charge in [0.2, 0.25) is 0 Å². The van der Waals surface area contributed by atoms with Crippen molar-refractivity contribution in [3.05, 3.63) is 0 Å². The van der Waals surface area contributed by atoms with Crippen LogP contribution in [0.1, 0.15) is 20.8 Å². The van der Waals surface area contributed by atoms with Crippen LogP contribution in [0.3, 0.4) is 0 Å². The highest BCUT2D eigenvalue weighted by Gasteiger charge is 2.34. The highest BCUT2D eigenvalue weighted by molar-refractivity contribution is 7.85. The van der Waals surface area contributed by atoms with E-state index in [0.29, 0.717) is 6.61 Å². The average molecular weight is 238 g/mol. The summed E-state index contributed by atoms with van der Waals surface area (Å²) in [6.45, 7) is 11.5. The van der Waals surface area contributed by atoms with Crippen molar-refractivity contribution in [1.29, 1.82) is 0 Å². The zero-order valence-electron chi connectivity index (χ0n) is 10.0. The van der Waals surface area contributed by atoms with E-state index in [9.17, 15) is 8.42 Å². The molecule has 0 radical (unpaired) electrons. The van der Waals surface area contributed by atoms with Crippen molar-refractivity contribution in [3.8, 4) is 0 Å². The number of hydrogen-bond acceptors (Lipinski definition) is 3. The van der Waals surface area contributed by atoms with Crippen LogP contribution in [-0.4, -0.2) is 29.4 Å². The van der Waals surface area contributed by atoms with Crippen molar-refractivity contribution in [2.45, 2.75) is 44.9 Å². The Hall–Kier alpha value is 0.127. The van der Waals surface area contributed by atoms with E-state index in [1.54, 1.807) is 0 Å². The molecule has 0 heterocycles. The fourth-order valence-electron chi connectivity index (χ4n) is 0.823. The van der Waals surface area contributed by atoms with Gasteiger partial charge in [0.05, 0.1) is 20.9 Å². The molecule has 0 bridgehead atoms. The van der Waals surface area contributed by atoms with Crippen molar-refractivity contribution in [1.82, 2.24) is 0 Å². The molecule has 0 aromatic heterocycles. The van der Waals surface area contributed by atoms with Gasteiger partial charge in [0, 0.05) is 0 Å².